The molecule has 0 spiro atoms. The van der Waals surface area contributed by atoms with E-state index in [4.69, 9.17) is 0 Å². The minimum atomic E-state index is -0.493. The van der Waals surface area contributed by atoms with Crippen molar-refractivity contribution in [3.8, 4) is 0 Å². The van der Waals surface area contributed by atoms with E-state index in [0.29, 0.717) is 13.0 Å². The molecule has 1 atom stereocenters. The first-order valence-electron chi connectivity index (χ1n) is 7.39. The number of rotatable bonds is 1. The lowest BCUT2D eigenvalue weighted by atomic mass is 9.85. The molecule has 0 saturated carbocycles. The van der Waals surface area contributed by atoms with E-state index in [0.717, 1.165) is 16.8 Å². The molecule has 1 saturated heterocycles. The fourth-order valence-corrected chi connectivity index (χ4v) is 2.63. The Kier molecular flexibility index (Phi) is 4.08. The minimum absolute atomic E-state index is 0.0259. The molecule has 0 aromatic heterocycles. The predicted molar refractivity (Wildman–Crippen MR) is 84.3 cm³/mol. The molecule has 114 valence electrons. The Morgan fingerprint density at radius 3 is 2.48 bits per heavy atom. The topological polar surface area (TPSA) is 49.4 Å². The van der Waals surface area contributed by atoms with Gasteiger partial charge in [0.25, 0.3) is 0 Å². The van der Waals surface area contributed by atoms with E-state index in [1.807, 2.05) is 52.8 Å². The summed E-state index contributed by atoms with van der Waals surface area (Å²) in [7, 11) is 0. The second kappa shape index (κ2) is 5.51. The van der Waals surface area contributed by atoms with Crippen molar-refractivity contribution in [3.05, 3.63) is 29.3 Å². The molecule has 2 amide bonds. The van der Waals surface area contributed by atoms with Crippen molar-refractivity contribution in [3.63, 3.8) is 0 Å². The molecule has 0 radical (unpaired) electrons. The molecule has 1 aliphatic rings. The first-order chi connectivity index (χ1) is 9.71. The van der Waals surface area contributed by atoms with E-state index in [9.17, 15) is 9.59 Å². The maximum absolute atomic E-state index is 12.9. The number of anilines is 1. The summed E-state index contributed by atoms with van der Waals surface area (Å²) < 4.78 is 0. The number of carbonyl (C=O) groups is 2. The van der Waals surface area contributed by atoms with Crippen LogP contribution in [0.5, 0.6) is 0 Å². The summed E-state index contributed by atoms with van der Waals surface area (Å²) in [6.45, 7) is 10.4. The first kappa shape index (κ1) is 15.5. The van der Waals surface area contributed by atoms with Crippen LogP contribution in [0.25, 0.3) is 0 Å². The summed E-state index contributed by atoms with van der Waals surface area (Å²) in [5, 5.41) is 2.87. The number of hydrogen-bond acceptors (Lipinski definition) is 2. The molecule has 21 heavy (non-hydrogen) atoms. The van der Waals surface area contributed by atoms with Gasteiger partial charge >= 0.3 is 0 Å². The van der Waals surface area contributed by atoms with Crippen LogP contribution in [-0.2, 0) is 9.59 Å². The number of hydrogen-bond donors (Lipinski definition) is 1. The average Bonchev–Trinajstić information content (AvgIpc) is 2.53. The highest BCUT2D eigenvalue weighted by atomic mass is 16.2. The lowest BCUT2D eigenvalue weighted by Crippen LogP contribution is -2.52. The highest BCUT2D eigenvalue weighted by Gasteiger charge is 2.38. The van der Waals surface area contributed by atoms with Gasteiger partial charge < -0.3 is 10.2 Å². The Morgan fingerprint density at radius 1 is 1.19 bits per heavy atom. The van der Waals surface area contributed by atoms with E-state index < -0.39 is 6.04 Å². The van der Waals surface area contributed by atoms with Gasteiger partial charge in [-0.2, -0.15) is 0 Å². The Hall–Kier alpha value is -1.84. The average molecular weight is 288 g/mol. The standard InChI is InChI=1S/C17H24N2O2/c1-11-7-6-8-13(12(11)2)19-10-9-14(20)18-15(16(19)21)17(3,4)5/h6-8,15H,9-10H2,1-5H3,(H,18,20). The Balaban J connectivity index is 2.45. The molecule has 4 nitrogen and oxygen atoms in total. The van der Waals surface area contributed by atoms with Crippen LogP contribution in [0, 0.1) is 19.3 Å². The zero-order valence-corrected chi connectivity index (χ0v) is 13.5. The third-order valence-electron chi connectivity index (χ3n) is 4.11. The van der Waals surface area contributed by atoms with Crippen LogP contribution in [0.4, 0.5) is 5.69 Å². The molecule has 1 aromatic rings. The summed E-state index contributed by atoms with van der Waals surface area (Å²) in [6, 6.07) is 5.45. The number of amides is 2. The Labute approximate surface area is 126 Å². The summed E-state index contributed by atoms with van der Waals surface area (Å²) in [5.74, 6) is -0.0851. The third-order valence-corrected chi connectivity index (χ3v) is 4.11. The zero-order chi connectivity index (χ0) is 15.8. The van der Waals surface area contributed by atoms with E-state index in [1.54, 1.807) is 4.90 Å². The van der Waals surface area contributed by atoms with Gasteiger partial charge in [0.05, 0.1) is 0 Å². The summed E-state index contributed by atoms with van der Waals surface area (Å²) >= 11 is 0. The molecule has 1 heterocycles. The van der Waals surface area contributed by atoms with Crippen molar-refractivity contribution < 1.29 is 9.59 Å². The highest BCUT2D eigenvalue weighted by molar-refractivity contribution is 6.02. The van der Waals surface area contributed by atoms with Crippen LogP contribution in [0.1, 0.15) is 38.3 Å². The van der Waals surface area contributed by atoms with Crippen molar-refractivity contribution in [1.29, 1.82) is 0 Å². The van der Waals surface area contributed by atoms with Gasteiger partial charge in [-0.3, -0.25) is 9.59 Å². The summed E-state index contributed by atoms with van der Waals surface area (Å²) in [6.07, 6.45) is 0.339. The predicted octanol–water partition coefficient (Wildman–Crippen LogP) is 2.57. The molecule has 1 aromatic carbocycles. The highest BCUT2D eigenvalue weighted by Crippen LogP contribution is 2.29. The van der Waals surface area contributed by atoms with Crippen molar-refractivity contribution in [1.82, 2.24) is 5.32 Å². The fourth-order valence-electron chi connectivity index (χ4n) is 2.63. The van der Waals surface area contributed by atoms with Crippen LogP contribution in [0.3, 0.4) is 0 Å². The van der Waals surface area contributed by atoms with Crippen LogP contribution in [-0.4, -0.2) is 24.4 Å². The van der Waals surface area contributed by atoms with E-state index >= 15 is 0 Å². The van der Waals surface area contributed by atoms with Crippen molar-refractivity contribution in [2.24, 2.45) is 5.41 Å². The van der Waals surface area contributed by atoms with Gasteiger partial charge in [-0.1, -0.05) is 32.9 Å². The molecule has 0 aliphatic carbocycles. The lowest BCUT2D eigenvalue weighted by molar-refractivity contribution is -0.127. The molecule has 1 aliphatic heterocycles. The normalized spacial score (nSPS) is 20.2. The molecular weight excluding hydrogens is 264 g/mol. The number of carbonyl (C=O) groups excluding carboxylic acids is 2. The van der Waals surface area contributed by atoms with Crippen LogP contribution < -0.4 is 10.2 Å². The zero-order valence-electron chi connectivity index (χ0n) is 13.5. The molecular formula is C17H24N2O2. The van der Waals surface area contributed by atoms with Crippen molar-refractivity contribution >= 4 is 17.5 Å². The van der Waals surface area contributed by atoms with Gasteiger partial charge in [-0.05, 0) is 36.5 Å². The van der Waals surface area contributed by atoms with Gasteiger partial charge in [0.2, 0.25) is 11.8 Å². The van der Waals surface area contributed by atoms with Gasteiger partial charge in [-0.25, -0.2) is 0 Å². The third kappa shape index (κ3) is 3.09. The fraction of sp³-hybridized carbons (Fsp3) is 0.529. The maximum atomic E-state index is 12.9. The second-order valence-electron chi connectivity index (χ2n) is 6.83. The number of aryl methyl sites for hydroxylation is 1. The quantitative estimate of drug-likeness (QED) is 0.863. The lowest BCUT2D eigenvalue weighted by Gasteiger charge is -2.33. The molecule has 4 heteroatoms. The van der Waals surface area contributed by atoms with Crippen molar-refractivity contribution in [2.45, 2.75) is 47.1 Å². The van der Waals surface area contributed by atoms with Crippen LogP contribution in [0.2, 0.25) is 0 Å². The SMILES string of the molecule is Cc1cccc(N2CCC(=O)NC(C(C)(C)C)C2=O)c1C. The van der Waals surface area contributed by atoms with E-state index in [-0.39, 0.29) is 17.2 Å². The minimum Gasteiger partial charge on any atom is -0.344 e. The van der Waals surface area contributed by atoms with Crippen LogP contribution in [0.15, 0.2) is 18.2 Å². The number of nitrogens with zero attached hydrogens (tertiary/aromatic N) is 1. The Bertz CT molecular complexity index is 573. The second-order valence-corrected chi connectivity index (χ2v) is 6.83. The van der Waals surface area contributed by atoms with Gasteiger partial charge in [0.1, 0.15) is 6.04 Å². The number of benzene rings is 1. The molecule has 0 bridgehead atoms. The van der Waals surface area contributed by atoms with Crippen molar-refractivity contribution in [2.75, 3.05) is 11.4 Å². The molecule has 1 unspecified atom stereocenters. The van der Waals surface area contributed by atoms with Gasteiger partial charge in [-0.15, -0.1) is 0 Å². The van der Waals surface area contributed by atoms with Gasteiger partial charge in [0, 0.05) is 18.7 Å². The number of nitrogens with one attached hydrogen (secondary N) is 1. The summed E-state index contributed by atoms with van der Waals surface area (Å²) in [4.78, 5) is 26.6. The van der Waals surface area contributed by atoms with Gasteiger partial charge in [0.15, 0.2) is 0 Å². The maximum Gasteiger partial charge on any atom is 0.250 e. The smallest absolute Gasteiger partial charge is 0.250 e. The Morgan fingerprint density at radius 2 is 1.86 bits per heavy atom. The molecule has 1 N–H and O–H groups in total. The largest absolute Gasteiger partial charge is 0.344 e. The molecule has 2 rings (SSSR count). The summed E-state index contributed by atoms with van der Waals surface area (Å²) in [5.41, 5.74) is 2.84. The van der Waals surface area contributed by atoms with Crippen LogP contribution >= 0.6 is 0 Å². The van der Waals surface area contributed by atoms with E-state index in [1.165, 1.54) is 0 Å². The first-order valence-corrected chi connectivity index (χ1v) is 7.39. The monoisotopic (exact) mass is 288 g/mol. The molecule has 1 fully saturated rings. The van der Waals surface area contributed by atoms with E-state index in [2.05, 4.69) is 5.32 Å².